The van der Waals surface area contributed by atoms with Gasteiger partial charge in [0.25, 0.3) is 31.7 Å². The molecule has 21 heteroatoms. The minimum atomic E-state index is -5.22. The van der Waals surface area contributed by atoms with Gasteiger partial charge in [0.05, 0.1) is 5.69 Å². The highest BCUT2D eigenvalue weighted by Gasteiger charge is 2.26. The number of hydrogen-bond acceptors (Lipinski definition) is 13. The van der Waals surface area contributed by atoms with Gasteiger partial charge in [-0.1, -0.05) is 0 Å². The lowest BCUT2D eigenvalue weighted by Crippen LogP contribution is -2.30. The summed E-state index contributed by atoms with van der Waals surface area (Å²) in [5.74, 6) is -2.35. The van der Waals surface area contributed by atoms with Crippen LogP contribution in [-0.2, 0) is 26.8 Å². The number of carbonyl (C=O) groups excluding carboxylic acids is 1. The molecule has 0 aliphatic carbocycles. The fourth-order valence-electron chi connectivity index (χ4n) is 3.26. The number of azo groups is 1. The van der Waals surface area contributed by atoms with Gasteiger partial charge in [-0.3, -0.25) is 23.3 Å². The predicted molar refractivity (Wildman–Crippen MR) is 135 cm³/mol. The summed E-state index contributed by atoms with van der Waals surface area (Å²) in [7, 11) is -10.4. The molecular formula is C18H16Cl2N8O9S2. The van der Waals surface area contributed by atoms with Gasteiger partial charge in [-0.15, -0.1) is 10.2 Å². The van der Waals surface area contributed by atoms with Crippen molar-refractivity contribution in [2.75, 3.05) is 5.32 Å². The van der Waals surface area contributed by atoms with Gasteiger partial charge in [0, 0.05) is 12.1 Å². The molecule has 0 aliphatic heterocycles. The molecule has 0 unspecified atom stereocenters. The molecule has 0 saturated heterocycles. The molecule has 3 rings (SSSR count). The molecule has 0 atom stereocenters. The molecule has 2 aromatic heterocycles. The lowest BCUT2D eigenvalue weighted by Gasteiger charge is -2.14. The maximum atomic E-state index is 12.5. The van der Waals surface area contributed by atoms with Crippen molar-refractivity contribution in [2.45, 2.75) is 30.2 Å². The SMILES string of the molecule is CCn1c(O)c(/N=N/c2cc(Nc3nc(Cl)nc(Cl)n3)c(S(=O)(=O)O)cc2S(=O)(=O)O)c(C)c(C(N)=O)c1=O. The van der Waals surface area contributed by atoms with Crippen LogP contribution in [0.25, 0.3) is 0 Å². The average Bonchev–Trinajstić information content (AvgIpc) is 2.76. The van der Waals surface area contributed by atoms with E-state index in [2.05, 4.69) is 30.5 Å². The van der Waals surface area contributed by atoms with Crippen molar-refractivity contribution < 1.29 is 35.8 Å². The number of amides is 1. The second-order valence-corrected chi connectivity index (χ2v) is 10.8. The minimum absolute atomic E-state index is 0.127. The van der Waals surface area contributed by atoms with Crippen LogP contribution >= 0.6 is 23.2 Å². The monoisotopic (exact) mass is 622 g/mol. The summed E-state index contributed by atoms with van der Waals surface area (Å²) in [5.41, 5.74) is 1.80. The van der Waals surface area contributed by atoms with Crippen LogP contribution < -0.4 is 16.6 Å². The molecule has 3 aromatic rings. The van der Waals surface area contributed by atoms with Crippen molar-refractivity contribution >= 4 is 72.4 Å². The zero-order chi connectivity index (χ0) is 29.4. The van der Waals surface area contributed by atoms with Gasteiger partial charge >= 0.3 is 0 Å². The van der Waals surface area contributed by atoms with Gasteiger partial charge in [0.1, 0.15) is 26.7 Å². The Morgan fingerprint density at radius 1 is 1.05 bits per heavy atom. The maximum absolute atomic E-state index is 12.5. The normalized spacial score (nSPS) is 12.2. The maximum Gasteiger partial charge on any atom is 0.296 e. The van der Waals surface area contributed by atoms with Crippen molar-refractivity contribution in [1.29, 1.82) is 0 Å². The Kier molecular flexibility index (Phi) is 8.24. The topological polar surface area (TPSA) is 269 Å². The Morgan fingerprint density at radius 2 is 1.62 bits per heavy atom. The van der Waals surface area contributed by atoms with Gasteiger partial charge in [-0.05, 0) is 49.2 Å². The lowest BCUT2D eigenvalue weighted by molar-refractivity contribution is 0.0997. The Bertz CT molecular complexity index is 1810. The zero-order valence-electron chi connectivity index (χ0n) is 19.5. The van der Waals surface area contributed by atoms with Crippen LogP contribution in [0.3, 0.4) is 0 Å². The number of carbonyl (C=O) groups is 1. The van der Waals surface area contributed by atoms with Gasteiger partial charge < -0.3 is 16.2 Å². The number of hydrogen-bond donors (Lipinski definition) is 5. The molecule has 2 heterocycles. The van der Waals surface area contributed by atoms with Crippen LogP contribution in [0.5, 0.6) is 5.88 Å². The second-order valence-electron chi connectivity index (χ2n) is 7.37. The van der Waals surface area contributed by atoms with Gasteiger partial charge in [0.2, 0.25) is 22.4 Å². The number of benzene rings is 1. The minimum Gasteiger partial charge on any atom is -0.493 e. The first-order valence-electron chi connectivity index (χ1n) is 10.1. The number of aromatic nitrogens is 4. The predicted octanol–water partition coefficient (Wildman–Crippen LogP) is 2.13. The number of aromatic hydroxyl groups is 1. The molecule has 0 aliphatic rings. The third-order valence-electron chi connectivity index (χ3n) is 4.92. The van der Waals surface area contributed by atoms with Gasteiger partial charge in [0.15, 0.2) is 0 Å². The number of halogens is 2. The zero-order valence-corrected chi connectivity index (χ0v) is 22.6. The van der Waals surface area contributed by atoms with E-state index in [1.165, 1.54) is 13.8 Å². The molecule has 17 nitrogen and oxygen atoms in total. The molecule has 0 radical (unpaired) electrons. The largest absolute Gasteiger partial charge is 0.493 e. The Labute approximate surface area is 228 Å². The van der Waals surface area contributed by atoms with Gasteiger partial charge in [-0.25, -0.2) is 0 Å². The first-order valence-corrected chi connectivity index (χ1v) is 13.7. The van der Waals surface area contributed by atoms with Crippen molar-refractivity contribution in [1.82, 2.24) is 19.5 Å². The molecule has 1 amide bonds. The third-order valence-corrected chi connectivity index (χ3v) is 7.04. The Balaban J connectivity index is 2.34. The van der Waals surface area contributed by atoms with Crippen molar-refractivity contribution in [3.05, 3.63) is 44.2 Å². The number of nitrogens with two attached hydrogens (primary N) is 1. The summed E-state index contributed by atoms with van der Waals surface area (Å²) >= 11 is 11.4. The average molecular weight is 623 g/mol. The summed E-state index contributed by atoms with van der Waals surface area (Å²) in [6.07, 6.45) is 0. The fraction of sp³-hybridized carbons (Fsp3) is 0.167. The van der Waals surface area contributed by atoms with Crippen LogP contribution in [0.15, 0.2) is 36.9 Å². The Hall–Kier alpha value is -3.75. The molecule has 208 valence electrons. The smallest absolute Gasteiger partial charge is 0.296 e. The van der Waals surface area contributed by atoms with E-state index >= 15 is 0 Å². The summed E-state index contributed by atoms with van der Waals surface area (Å²) in [6.45, 7) is 2.55. The summed E-state index contributed by atoms with van der Waals surface area (Å²) in [6, 6.07) is 1.05. The fourth-order valence-corrected chi connectivity index (χ4v) is 4.98. The van der Waals surface area contributed by atoms with E-state index in [1.54, 1.807) is 0 Å². The number of nitrogens with zero attached hydrogens (tertiary/aromatic N) is 6. The van der Waals surface area contributed by atoms with E-state index < -0.39 is 86.5 Å². The van der Waals surface area contributed by atoms with E-state index in [1.807, 2.05) is 0 Å². The van der Waals surface area contributed by atoms with E-state index in [0.717, 1.165) is 4.57 Å². The van der Waals surface area contributed by atoms with Crippen LogP contribution in [0.4, 0.5) is 23.0 Å². The summed E-state index contributed by atoms with van der Waals surface area (Å²) in [5, 5.41) is 19.4. The van der Waals surface area contributed by atoms with Crippen molar-refractivity contribution in [2.24, 2.45) is 16.0 Å². The highest BCUT2D eigenvalue weighted by atomic mass is 35.5. The molecule has 39 heavy (non-hydrogen) atoms. The molecule has 0 bridgehead atoms. The third kappa shape index (κ3) is 6.29. The molecule has 6 N–H and O–H groups in total. The van der Waals surface area contributed by atoms with E-state index in [0.29, 0.717) is 12.1 Å². The Morgan fingerprint density at radius 3 is 2.10 bits per heavy atom. The van der Waals surface area contributed by atoms with Crippen LogP contribution in [0.2, 0.25) is 10.6 Å². The number of primary amides is 1. The molecular weight excluding hydrogens is 607 g/mol. The second kappa shape index (κ2) is 10.8. The molecule has 0 spiro atoms. The van der Waals surface area contributed by atoms with E-state index in [4.69, 9.17) is 28.9 Å². The standard InChI is InChI=1S/C18H16Cl2N8O9S2/c1-3-28-14(30)11(13(21)29)6(2)12(15(28)31)27-26-8-4-7(22-18-24-16(19)23-17(20)25-18)9(38(32,33)34)5-10(8)39(35,36)37/h4-5,31H,3H2,1-2H3,(H2,21,29)(H,32,33,34)(H,35,36,37)(H,22,23,24,25)/b27-26+. The van der Waals surface area contributed by atoms with Gasteiger partial charge in [-0.2, -0.15) is 31.8 Å². The summed E-state index contributed by atoms with van der Waals surface area (Å²) < 4.78 is 68.3. The van der Waals surface area contributed by atoms with Crippen LogP contribution in [-0.4, -0.2) is 56.5 Å². The lowest BCUT2D eigenvalue weighted by atomic mass is 10.1. The highest BCUT2D eigenvalue weighted by Crippen LogP contribution is 2.38. The van der Waals surface area contributed by atoms with Crippen molar-refractivity contribution in [3.63, 3.8) is 0 Å². The van der Waals surface area contributed by atoms with Crippen LogP contribution in [0, 0.1) is 6.92 Å². The first kappa shape index (κ1) is 29.8. The van der Waals surface area contributed by atoms with E-state index in [9.17, 15) is 40.6 Å². The molecule has 1 aromatic carbocycles. The van der Waals surface area contributed by atoms with Crippen LogP contribution in [0.1, 0.15) is 22.8 Å². The number of nitrogens with one attached hydrogen (secondary N) is 1. The quantitative estimate of drug-likeness (QED) is 0.178. The highest BCUT2D eigenvalue weighted by molar-refractivity contribution is 7.86. The molecule has 0 fully saturated rings. The first-order chi connectivity index (χ1) is 17.9. The number of rotatable bonds is 8. The number of anilines is 2. The number of pyridine rings is 1. The molecule has 0 saturated carbocycles. The van der Waals surface area contributed by atoms with E-state index in [-0.39, 0.29) is 12.1 Å². The summed E-state index contributed by atoms with van der Waals surface area (Å²) in [4.78, 5) is 33.0. The van der Waals surface area contributed by atoms with Crippen molar-refractivity contribution in [3.8, 4) is 5.88 Å².